The molecule has 2 aromatic rings. The minimum Gasteiger partial charge on any atom is -0.489 e. The van der Waals surface area contributed by atoms with Gasteiger partial charge in [-0.05, 0) is 54.3 Å². The number of nitrogens with two attached hydrogens (primary N) is 1. The lowest BCUT2D eigenvalue weighted by atomic mass is 10.1. The number of ether oxygens (including phenoxy) is 1. The lowest BCUT2D eigenvalue weighted by Crippen LogP contribution is -2.00. The van der Waals surface area contributed by atoms with Crippen LogP contribution < -0.4 is 10.5 Å². The summed E-state index contributed by atoms with van der Waals surface area (Å²) in [6.45, 7) is 5.31. The highest BCUT2D eigenvalue weighted by Crippen LogP contribution is 2.23. The summed E-state index contributed by atoms with van der Waals surface area (Å²) >= 11 is 3.47. The molecule has 2 nitrogen and oxygen atoms in total. The Hall–Kier alpha value is -1.32. The van der Waals surface area contributed by atoms with E-state index in [0.29, 0.717) is 13.2 Å². The average molecular weight is 320 g/mol. The Morgan fingerprint density at radius 2 is 1.84 bits per heavy atom. The van der Waals surface area contributed by atoms with E-state index in [1.54, 1.807) is 0 Å². The molecule has 2 rings (SSSR count). The van der Waals surface area contributed by atoms with Crippen molar-refractivity contribution in [3.8, 4) is 5.75 Å². The van der Waals surface area contributed by atoms with Crippen LogP contribution in [0.3, 0.4) is 0 Å². The first-order valence-electron chi connectivity index (χ1n) is 6.27. The predicted octanol–water partition coefficient (Wildman–Crippen LogP) is 4.10. The summed E-state index contributed by atoms with van der Waals surface area (Å²) in [4.78, 5) is 0. The van der Waals surface area contributed by atoms with E-state index < -0.39 is 0 Å². The van der Waals surface area contributed by atoms with Crippen LogP contribution in [-0.2, 0) is 13.2 Å². The molecule has 0 aromatic heterocycles. The van der Waals surface area contributed by atoms with Crippen molar-refractivity contribution in [3.05, 3.63) is 63.1 Å². The number of hydrogen-bond donors (Lipinski definition) is 1. The van der Waals surface area contributed by atoms with E-state index >= 15 is 0 Å². The van der Waals surface area contributed by atoms with Gasteiger partial charge in [0.2, 0.25) is 0 Å². The van der Waals surface area contributed by atoms with Crippen molar-refractivity contribution in [1.29, 1.82) is 0 Å². The van der Waals surface area contributed by atoms with Crippen LogP contribution in [-0.4, -0.2) is 0 Å². The molecule has 0 spiro atoms. The van der Waals surface area contributed by atoms with Crippen molar-refractivity contribution in [1.82, 2.24) is 0 Å². The Bertz CT molecular complexity index is 581. The molecule has 0 aliphatic carbocycles. The minimum atomic E-state index is 0.501. The molecule has 0 saturated carbocycles. The second-order valence-corrected chi connectivity index (χ2v) is 5.52. The number of benzene rings is 2. The van der Waals surface area contributed by atoms with Crippen LogP contribution in [0.25, 0.3) is 0 Å². The highest BCUT2D eigenvalue weighted by atomic mass is 79.9. The second-order valence-electron chi connectivity index (χ2n) is 4.66. The smallest absolute Gasteiger partial charge is 0.120 e. The third-order valence-corrected chi connectivity index (χ3v) is 3.99. The quantitative estimate of drug-likeness (QED) is 0.920. The van der Waals surface area contributed by atoms with Crippen LogP contribution >= 0.6 is 15.9 Å². The zero-order valence-electron chi connectivity index (χ0n) is 11.2. The first-order chi connectivity index (χ1) is 9.10. The molecule has 0 heterocycles. The van der Waals surface area contributed by atoms with Crippen molar-refractivity contribution in [2.24, 2.45) is 5.73 Å². The van der Waals surface area contributed by atoms with E-state index in [4.69, 9.17) is 10.5 Å². The van der Waals surface area contributed by atoms with E-state index in [-0.39, 0.29) is 0 Å². The normalized spacial score (nSPS) is 10.5. The number of halogens is 1. The van der Waals surface area contributed by atoms with Gasteiger partial charge in [0, 0.05) is 11.0 Å². The molecule has 0 aliphatic rings. The Balaban J connectivity index is 2.07. The minimum absolute atomic E-state index is 0.501. The van der Waals surface area contributed by atoms with Crippen LogP contribution in [0.4, 0.5) is 0 Å². The monoisotopic (exact) mass is 319 g/mol. The largest absolute Gasteiger partial charge is 0.489 e. The molecule has 2 N–H and O–H groups in total. The molecule has 0 radical (unpaired) electrons. The van der Waals surface area contributed by atoms with Gasteiger partial charge in [0.25, 0.3) is 0 Å². The van der Waals surface area contributed by atoms with E-state index in [1.165, 1.54) is 16.7 Å². The van der Waals surface area contributed by atoms with Gasteiger partial charge in [0.1, 0.15) is 12.4 Å². The number of rotatable bonds is 4. The van der Waals surface area contributed by atoms with Crippen molar-refractivity contribution in [2.45, 2.75) is 27.0 Å². The van der Waals surface area contributed by atoms with Gasteiger partial charge in [-0.15, -0.1) is 0 Å². The van der Waals surface area contributed by atoms with Crippen molar-refractivity contribution in [3.63, 3.8) is 0 Å². The molecule has 0 atom stereocenters. The molecule has 3 heteroatoms. The highest BCUT2D eigenvalue weighted by Gasteiger charge is 2.02. The zero-order valence-corrected chi connectivity index (χ0v) is 12.8. The zero-order chi connectivity index (χ0) is 13.8. The fourth-order valence-electron chi connectivity index (χ4n) is 1.86. The summed E-state index contributed by atoms with van der Waals surface area (Å²) in [7, 11) is 0. The van der Waals surface area contributed by atoms with Gasteiger partial charge < -0.3 is 10.5 Å². The molecular formula is C16H18BrNO. The first-order valence-corrected chi connectivity index (χ1v) is 7.07. The van der Waals surface area contributed by atoms with Crippen molar-refractivity contribution < 1.29 is 4.74 Å². The fourth-order valence-corrected chi connectivity index (χ4v) is 2.27. The number of hydrogen-bond acceptors (Lipinski definition) is 2. The maximum atomic E-state index is 5.81. The number of aryl methyl sites for hydroxylation is 2. The van der Waals surface area contributed by atoms with Gasteiger partial charge in [-0.1, -0.05) is 34.1 Å². The van der Waals surface area contributed by atoms with Gasteiger partial charge >= 0.3 is 0 Å². The molecule has 0 bridgehead atoms. The maximum Gasteiger partial charge on any atom is 0.120 e. The maximum absolute atomic E-state index is 5.81. The van der Waals surface area contributed by atoms with Crippen LogP contribution in [0, 0.1) is 13.8 Å². The van der Waals surface area contributed by atoms with Crippen LogP contribution in [0.2, 0.25) is 0 Å². The first kappa shape index (κ1) is 14.1. The third kappa shape index (κ3) is 3.58. The Morgan fingerprint density at radius 3 is 2.53 bits per heavy atom. The third-order valence-electron chi connectivity index (χ3n) is 3.21. The molecule has 19 heavy (non-hydrogen) atoms. The SMILES string of the molecule is Cc1ccc(COc2ccc(Br)c(CN)c2)cc1C. The van der Waals surface area contributed by atoms with E-state index in [2.05, 4.69) is 48.0 Å². The van der Waals surface area contributed by atoms with Gasteiger partial charge in [0.15, 0.2) is 0 Å². The highest BCUT2D eigenvalue weighted by molar-refractivity contribution is 9.10. The molecule has 100 valence electrons. The van der Waals surface area contributed by atoms with Gasteiger partial charge in [-0.3, -0.25) is 0 Å². The van der Waals surface area contributed by atoms with Crippen molar-refractivity contribution >= 4 is 15.9 Å². The summed E-state index contributed by atoms with van der Waals surface area (Å²) in [5.41, 5.74) is 10.5. The van der Waals surface area contributed by atoms with E-state index in [0.717, 1.165) is 15.8 Å². The molecular weight excluding hydrogens is 302 g/mol. The summed E-state index contributed by atoms with van der Waals surface area (Å²) in [5, 5.41) is 0. The van der Waals surface area contributed by atoms with Gasteiger partial charge in [-0.25, -0.2) is 0 Å². The molecule has 0 aliphatic heterocycles. The van der Waals surface area contributed by atoms with E-state index in [9.17, 15) is 0 Å². The summed E-state index contributed by atoms with van der Waals surface area (Å²) in [5.74, 6) is 0.849. The van der Waals surface area contributed by atoms with Crippen LogP contribution in [0.5, 0.6) is 5.75 Å². The van der Waals surface area contributed by atoms with Gasteiger partial charge in [-0.2, -0.15) is 0 Å². The second kappa shape index (κ2) is 6.22. The fraction of sp³-hybridized carbons (Fsp3) is 0.250. The van der Waals surface area contributed by atoms with Crippen molar-refractivity contribution in [2.75, 3.05) is 0 Å². The molecule has 0 fully saturated rings. The summed E-state index contributed by atoms with van der Waals surface area (Å²) < 4.78 is 6.83. The lowest BCUT2D eigenvalue weighted by Gasteiger charge is -2.10. The Labute approximate surface area is 122 Å². The molecule has 0 saturated heterocycles. The standard InChI is InChI=1S/C16H18BrNO/c1-11-3-4-13(7-12(11)2)10-19-15-5-6-16(17)14(8-15)9-18/h3-8H,9-10,18H2,1-2H3. The Morgan fingerprint density at radius 1 is 1.05 bits per heavy atom. The van der Waals surface area contributed by atoms with E-state index in [1.807, 2.05) is 18.2 Å². The van der Waals surface area contributed by atoms with Gasteiger partial charge in [0.05, 0.1) is 0 Å². The molecule has 2 aromatic carbocycles. The average Bonchev–Trinajstić information content (AvgIpc) is 2.41. The molecule has 0 amide bonds. The summed E-state index contributed by atoms with van der Waals surface area (Å²) in [6.07, 6.45) is 0. The topological polar surface area (TPSA) is 35.2 Å². The predicted molar refractivity (Wildman–Crippen MR) is 82.3 cm³/mol. The summed E-state index contributed by atoms with van der Waals surface area (Å²) in [6, 6.07) is 12.3. The Kier molecular flexibility index (Phi) is 4.61. The lowest BCUT2D eigenvalue weighted by molar-refractivity contribution is 0.306. The van der Waals surface area contributed by atoms with Crippen LogP contribution in [0.1, 0.15) is 22.3 Å². The van der Waals surface area contributed by atoms with Crippen LogP contribution in [0.15, 0.2) is 40.9 Å². The molecule has 0 unspecified atom stereocenters.